The van der Waals surface area contributed by atoms with Gasteiger partial charge in [0.05, 0.1) is 43.3 Å². The molecule has 0 saturated heterocycles. The van der Waals surface area contributed by atoms with E-state index in [2.05, 4.69) is 0 Å². The lowest BCUT2D eigenvalue weighted by atomic mass is 9.92. The molecule has 7 heteroatoms. The second kappa shape index (κ2) is 9.02. The minimum Gasteiger partial charge on any atom is -0.379 e. The number of carbonyl (C=O) groups excluding carboxylic acids is 2. The van der Waals surface area contributed by atoms with Crippen LogP contribution in [0.5, 0.6) is 0 Å². The van der Waals surface area contributed by atoms with E-state index in [4.69, 9.17) is 26.7 Å². The van der Waals surface area contributed by atoms with Crippen LogP contribution in [0.1, 0.15) is 24.0 Å². The topological polar surface area (TPSA) is 131 Å². The summed E-state index contributed by atoms with van der Waals surface area (Å²) < 4.78 is 11.6. The number of ether oxygens (including phenoxy) is 2. The van der Waals surface area contributed by atoms with Crippen molar-refractivity contribution < 1.29 is 19.1 Å². The van der Waals surface area contributed by atoms with E-state index in [1.165, 1.54) is 0 Å². The van der Waals surface area contributed by atoms with E-state index in [0.29, 0.717) is 39.3 Å². The van der Waals surface area contributed by atoms with Gasteiger partial charge in [-0.15, -0.1) is 0 Å². The van der Waals surface area contributed by atoms with E-state index in [1.54, 1.807) is 0 Å². The van der Waals surface area contributed by atoms with Crippen LogP contribution < -0.4 is 17.2 Å². The number of amides is 2. The molecule has 0 radical (unpaired) electrons. The highest BCUT2D eigenvalue weighted by atomic mass is 16.5. The molecular formula is C25H31N3O4. The molecule has 4 rings (SSSR count). The quantitative estimate of drug-likeness (QED) is 0.460. The third kappa shape index (κ3) is 4.16. The number of hydrogen-bond acceptors (Lipinski definition) is 5. The number of primary amides is 2. The summed E-state index contributed by atoms with van der Waals surface area (Å²) in [4.78, 5) is 24.2. The Morgan fingerprint density at radius 2 is 1.16 bits per heavy atom. The van der Waals surface area contributed by atoms with E-state index in [-0.39, 0.29) is 29.7 Å². The summed E-state index contributed by atoms with van der Waals surface area (Å²) in [7, 11) is 0. The molecule has 0 aliphatic heterocycles. The Morgan fingerprint density at radius 3 is 1.50 bits per heavy atom. The Bertz CT molecular complexity index is 877. The zero-order valence-electron chi connectivity index (χ0n) is 18.1. The fourth-order valence-electron chi connectivity index (χ4n) is 4.90. The molecule has 7 nitrogen and oxygen atoms in total. The van der Waals surface area contributed by atoms with Crippen LogP contribution in [-0.4, -0.2) is 44.3 Å². The standard InChI is InChI=1S/C25H31N3O4/c26-21(15-31-13-19-11-24(19,22(27)29)17-7-3-1-4-8-17)16-32-14-20-12-25(20,23(28)30)18-9-5-2-6-10-18/h1-10,19-21H,11-16,26H2,(H2,27,29)(H2,28,30)/t19-,20-,24+,25+/m1/s1. The number of benzene rings is 2. The minimum absolute atomic E-state index is 0.0593. The van der Waals surface area contributed by atoms with E-state index in [9.17, 15) is 9.59 Å². The molecule has 32 heavy (non-hydrogen) atoms. The third-order valence-corrected chi connectivity index (χ3v) is 6.97. The van der Waals surface area contributed by atoms with Crippen LogP contribution in [0.3, 0.4) is 0 Å². The molecular weight excluding hydrogens is 406 g/mol. The molecule has 2 aromatic rings. The number of rotatable bonds is 12. The lowest BCUT2D eigenvalue weighted by Gasteiger charge is -2.17. The van der Waals surface area contributed by atoms with Gasteiger partial charge in [-0.2, -0.15) is 0 Å². The number of nitrogens with two attached hydrogens (primary N) is 3. The second-order valence-electron chi connectivity index (χ2n) is 9.04. The van der Waals surface area contributed by atoms with Crippen molar-refractivity contribution in [2.75, 3.05) is 26.4 Å². The summed E-state index contributed by atoms with van der Waals surface area (Å²) in [6.07, 6.45) is 1.38. The summed E-state index contributed by atoms with van der Waals surface area (Å²) in [6, 6.07) is 18.9. The first kappa shape index (κ1) is 22.5. The molecule has 6 N–H and O–H groups in total. The van der Waals surface area contributed by atoms with Gasteiger partial charge in [0.1, 0.15) is 0 Å². The van der Waals surface area contributed by atoms with Crippen molar-refractivity contribution in [2.45, 2.75) is 29.7 Å². The maximum absolute atomic E-state index is 12.1. The normalized spacial score (nSPS) is 28.4. The largest absolute Gasteiger partial charge is 0.379 e. The van der Waals surface area contributed by atoms with Gasteiger partial charge in [-0.25, -0.2) is 0 Å². The van der Waals surface area contributed by atoms with Gasteiger partial charge in [-0.3, -0.25) is 9.59 Å². The lowest BCUT2D eigenvalue weighted by molar-refractivity contribution is -0.121. The Kier molecular flexibility index (Phi) is 6.33. The van der Waals surface area contributed by atoms with Crippen molar-refractivity contribution in [3.05, 3.63) is 71.8 Å². The summed E-state index contributed by atoms with van der Waals surface area (Å²) in [6.45, 7) is 1.49. The van der Waals surface area contributed by atoms with E-state index < -0.39 is 10.8 Å². The SMILES string of the molecule is NC(=O)[C@]1(c2ccccc2)C[C@@H]1COCC(N)COC[C@H]1C[C@]1(C(N)=O)c1ccccc1. The Hall–Kier alpha value is -2.74. The number of hydrogen-bond donors (Lipinski definition) is 3. The molecule has 4 atom stereocenters. The average Bonchev–Trinajstić information content (AvgIpc) is 3.69. The summed E-state index contributed by atoms with van der Waals surface area (Å²) >= 11 is 0. The fraction of sp³-hybridized carbons (Fsp3) is 0.440. The molecule has 0 aromatic heterocycles. The molecule has 170 valence electrons. The van der Waals surface area contributed by atoms with E-state index in [0.717, 1.165) is 11.1 Å². The molecule has 0 heterocycles. The predicted molar refractivity (Wildman–Crippen MR) is 120 cm³/mol. The van der Waals surface area contributed by atoms with Gasteiger partial charge >= 0.3 is 0 Å². The zero-order chi connectivity index (χ0) is 22.8. The molecule has 2 aliphatic rings. The van der Waals surface area contributed by atoms with Crippen LogP contribution >= 0.6 is 0 Å². The first-order valence-corrected chi connectivity index (χ1v) is 11.0. The minimum atomic E-state index is -0.636. The summed E-state index contributed by atoms with van der Waals surface area (Å²) in [5, 5.41) is 0. The van der Waals surface area contributed by atoms with Crippen molar-refractivity contribution in [1.29, 1.82) is 0 Å². The van der Waals surface area contributed by atoms with Crippen molar-refractivity contribution in [3.63, 3.8) is 0 Å². The first-order chi connectivity index (χ1) is 15.4. The van der Waals surface area contributed by atoms with Crippen LogP contribution in [-0.2, 0) is 29.9 Å². The van der Waals surface area contributed by atoms with E-state index in [1.807, 2.05) is 60.7 Å². The summed E-state index contributed by atoms with van der Waals surface area (Å²) in [5.74, 6) is -0.510. The Balaban J connectivity index is 1.19. The second-order valence-corrected chi connectivity index (χ2v) is 9.04. The molecule has 2 saturated carbocycles. The van der Waals surface area contributed by atoms with Gasteiger partial charge in [0.25, 0.3) is 0 Å². The first-order valence-electron chi connectivity index (χ1n) is 11.0. The molecule has 0 bridgehead atoms. The average molecular weight is 438 g/mol. The maximum atomic E-state index is 12.1. The smallest absolute Gasteiger partial charge is 0.228 e. The monoisotopic (exact) mass is 437 g/mol. The van der Waals surface area contributed by atoms with Crippen molar-refractivity contribution in [2.24, 2.45) is 29.0 Å². The van der Waals surface area contributed by atoms with Crippen LogP contribution in [0.2, 0.25) is 0 Å². The molecule has 2 aliphatic carbocycles. The van der Waals surface area contributed by atoms with Crippen molar-refractivity contribution in [1.82, 2.24) is 0 Å². The molecule has 2 aromatic carbocycles. The van der Waals surface area contributed by atoms with Gasteiger partial charge in [0, 0.05) is 11.8 Å². The van der Waals surface area contributed by atoms with Crippen LogP contribution in [0.4, 0.5) is 0 Å². The highest BCUT2D eigenvalue weighted by Gasteiger charge is 2.60. The zero-order valence-corrected chi connectivity index (χ0v) is 18.1. The molecule has 0 unspecified atom stereocenters. The van der Waals surface area contributed by atoms with Gasteiger partial charge in [0.15, 0.2) is 0 Å². The Morgan fingerprint density at radius 1 is 0.781 bits per heavy atom. The number of carbonyl (C=O) groups is 2. The lowest BCUT2D eigenvalue weighted by Crippen LogP contribution is -2.34. The Labute approximate surface area is 188 Å². The van der Waals surface area contributed by atoms with Crippen LogP contribution in [0.25, 0.3) is 0 Å². The highest BCUT2D eigenvalue weighted by molar-refractivity contribution is 5.91. The van der Waals surface area contributed by atoms with Crippen molar-refractivity contribution in [3.8, 4) is 0 Å². The predicted octanol–water partition coefficient (Wildman–Crippen LogP) is 1.23. The highest BCUT2D eigenvalue weighted by Crippen LogP contribution is 2.55. The molecule has 2 fully saturated rings. The molecule has 0 spiro atoms. The van der Waals surface area contributed by atoms with Crippen molar-refractivity contribution >= 4 is 11.8 Å². The fourth-order valence-corrected chi connectivity index (χ4v) is 4.90. The third-order valence-electron chi connectivity index (χ3n) is 6.97. The van der Waals surface area contributed by atoms with Crippen LogP contribution in [0.15, 0.2) is 60.7 Å². The van der Waals surface area contributed by atoms with Gasteiger partial charge < -0.3 is 26.7 Å². The van der Waals surface area contributed by atoms with Gasteiger partial charge in [0.2, 0.25) is 11.8 Å². The maximum Gasteiger partial charge on any atom is 0.228 e. The van der Waals surface area contributed by atoms with Crippen LogP contribution in [0, 0.1) is 11.8 Å². The molecule has 2 amide bonds. The summed E-state index contributed by atoms with van der Waals surface area (Å²) in [5.41, 5.74) is 18.1. The van der Waals surface area contributed by atoms with E-state index >= 15 is 0 Å². The van der Waals surface area contributed by atoms with Gasteiger partial charge in [-0.05, 0) is 24.0 Å². The van der Waals surface area contributed by atoms with Gasteiger partial charge in [-0.1, -0.05) is 60.7 Å².